The van der Waals surface area contributed by atoms with Crippen LogP contribution in [0.25, 0.3) is 5.69 Å². The van der Waals surface area contributed by atoms with E-state index in [1.807, 2.05) is 0 Å². The van der Waals surface area contributed by atoms with E-state index in [0.717, 1.165) is 10.7 Å². The van der Waals surface area contributed by atoms with E-state index in [1.165, 1.54) is 24.3 Å². The predicted octanol–water partition coefficient (Wildman–Crippen LogP) is 5.43. The molecular weight excluding hydrogens is 468 g/mol. The van der Waals surface area contributed by atoms with Crippen LogP contribution in [0.3, 0.4) is 0 Å². The Labute approximate surface area is 176 Å². The van der Waals surface area contributed by atoms with Gasteiger partial charge in [-0.2, -0.15) is 28.2 Å². The molecule has 2 unspecified atom stereocenters. The molecule has 0 saturated heterocycles. The fraction of sp³-hybridized carbons (Fsp3) is 0.150. The molecular formula is C20H11BrF4N4O. The molecule has 0 saturated carbocycles. The quantitative estimate of drug-likeness (QED) is 0.498. The molecule has 3 aromatic rings. The van der Waals surface area contributed by atoms with Gasteiger partial charge in [-0.3, -0.25) is 5.41 Å². The third-order valence-corrected chi connectivity index (χ3v) is 5.21. The van der Waals surface area contributed by atoms with Gasteiger partial charge < -0.3 is 4.74 Å². The summed E-state index contributed by atoms with van der Waals surface area (Å²) in [6, 6.07) is 13.5. The summed E-state index contributed by atoms with van der Waals surface area (Å²) >= 11 is 3.18. The fourth-order valence-corrected chi connectivity index (χ4v) is 3.83. The van der Waals surface area contributed by atoms with Crippen molar-refractivity contribution in [2.75, 3.05) is 0 Å². The monoisotopic (exact) mass is 478 g/mol. The number of para-hydroxylation sites is 1. The number of ether oxygens (including phenoxy) is 1. The van der Waals surface area contributed by atoms with Crippen LogP contribution in [0.15, 0.2) is 53.0 Å². The maximum absolute atomic E-state index is 14.7. The summed E-state index contributed by atoms with van der Waals surface area (Å²) in [5.41, 5.74) is -1.67. The topological polar surface area (TPSA) is 74.7 Å². The molecule has 4 rings (SSSR count). The minimum absolute atomic E-state index is 0.164. The summed E-state index contributed by atoms with van der Waals surface area (Å²) in [5.74, 6) is -4.65. The van der Waals surface area contributed by atoms with E-state index in [-0.39, 0.29) is 17.1 Å². The van der Waals surface area contributed by atoms with Crippen LogP contribution >= 0.6 is 15.9 Å². The van der Waals surface area contributed by atoms with Crippen molar-refractivity contribution in [1.29, 1.82) is 10.7 Å². The highest BCUT2D eigenvalue weighted by Crippen LogP contribution is 2.49. The van der Waals surface area contributed by atoms with Crippen LogP contribution in [0.1, 0.15) is 22.7 Å². The number of hydrogen-bond donors (Lipinski definition) is 1. The second kappa shape index (κ2) is 7.25. The molecule has 152 valence electrons. The first kappa shape index (κ1) is 20.1. The Morgan fingerprint density at radius 2 is 1.87 bits per heavy atom. The molecule has 0 amide bonds. The molecule has 30 heavy (non-hydrogen) atoms. The number of rotatable bonds is 2. The van der Waals surface area contributed by atoms with Crippen molar-refractivity contribution in [3.05, 3.63) is 75.6 Å². The summed E-state index contributed by atoms with van der Waals surface area (Å²) in [6.07, 6.45) is -4.90. The molecule has 2 atom stereocenters. The Bertz CT molecular complexity index is 1180. The number of fused-ring (bicyclic) bond motifs is 1. The number of nitrogens with zero attached hydrogens (tertiary/aromatic N) is 3. The molecule has 0 fully saturated rings. The Hall–Kier alpha value is -3.19. The number of alkyl halides is 3. The minimum Gasteiger partial charge on any atom is -0.423 e. The van der Waals surface area contributed by atoms with E-state index in [4.69, 9.17) is 10.1 Å². The standard InChI is InChI=1S/C20H11BrF4N4O/c21-10-6-7-14(22)12(8-10)15-13(9-26)18(27)30-19-16(15)17(20(23,24)25)28-29(19)11-4-2-1-3-5-11/h1-8,13,15,27H. The molecule has 1 aromatic heterocycles. The van der Waals surface area contributed by atoms with Crippen molar-refractivity contribution in [2.24, 2.45) is 5.92 Å². The lowest BCUT2D eigenvalue weighted by Gasteiger charge is -2.29. The third-order valence-electron chi connectivity index (χ3n) is 4.71. The van der Waals surface area contributed by atoms with Crippen LogP contribution in [0, 0.1) is 28.5 Å². The normalized spacial score (nSPS) is 18.5. The Kier molecular flexibility index (Phi) is 4.86. The average molecular weight is 479 g/mol. The lowest BCUT2D eigenvalue weighted by Crippen LogP contribution is -2.32. The van der Waals surface area contributed by atoms with E-state index >= 15 is 0 Å². The third kappa shape index (κ3) is 3.25. The van der Waals surface area contributed by atoms with Crippen LogP contribution in [0.2, 0.25) is 0 Å². The lowest BCUT2D eigenvalue weighted by molar-refractivity contribution is -0.142. The number of benzene rings is 2. The van der Waals surface area contributed by atoms with Crippen LogP contribution in [-0.2, 0) is 6.18 Å². The molecule has 1 N–H and O–H groups in total. The van der Waals surface area contributed by atoms with Gasteiger partial charge in [-0.05, 0) is 35.9 Å². The van der Waals surface area contributed by atoms with Gasteiger partial charge in [0.15, 0.2) is 5.69 Å². The fourth-order valence-electron chi connectivity index (χ4n) is 3.45. The first-order valence-electron chi connectivity index (χ1n) is 8.58. The van der Waals surface area contributed by atoms with Crippen molar-refractivity contribution in [3.8, 4) is 17.6 Å². The summed E-state index contributed by atoms with van der Waals surface area (Å²) in [7, 11) is 0. The smallest absolute Gasteiger partial charge is 0.423 e. The molecule has 0 spiro atoms. The van der Waals surface area contributed by atoms with Crippen molar-refractivity contribution in [2.45, 2.75) is 12.1 Å². The highest BCUT2D eigenvalue weighted by Gasteiger charge is 2.49. The number of aromatic nitrogens is 2. The van der Waals surface area contributed by atoms with Crippen molar-refractivity contribution in [1.82, 2.24) is 9.78 Å². The van der Waals surface area contributed by atoms with Crippen LogP contribution in [0.4, 0.5) is 17.6 Å². The first-order valence-corrected chi connectivity index (χ1v) is 9.38. The van der Waals surface area contributed by atoms with Gasteiger partial charge in [-0.15, -0.1) is 0 Å². The molecule has 0 aliphatic carbocycles. The van der Waals surface area contributed by atoms with E-state index in [2.05, 4.69) is 21.0 Å². The zero-order chi connectivity index (χ0) is 21.6. The van der Waals surface area contributed by atoms with Gasteiger partial charge >= 0.3 is 6.18 Å². The van der Waals surface area contributed by atoms with E-state index in [9.17, 15) is 22.8 Å². The molecule has 2 heterocycles. The van der Waals surface area contributed by atoms with Gasteiger partial charge in [-0.25, -0.2) is 4.39 Å². The maximum Gasteiger partial charge on any atom is 0.435 e. The van der Waals surface area contributed by atoms with Crippen LogP contribution in [-0.4, -0.2) is 15.7 Å². The van der Waals surface area contributed by atoms with Gasteiger partial charge in [0.05, 0.1) is 17.3 Å². The first-order chi connectivity index (χ1) is 14.2. The van der Waals surface area contributed by atoms with Gasteiger partial charge in [0.25, 0.3) is 0 Å². The number of halogens is 5. The van der Waals surface area contributed by atoms with Crippen molar-refractivity contribution < 1.29 is 22.3 Å². The van der Waals surface area contributed by atoms with Gasteiger partial charge in [-0.1, -0.05) is 34.1 Å². The van der Waals surface area contributed by atoms with Crippen molar-refractivity contribution in [3.63, 3.8) is 0 Å². The maximum atomic E-state index is 14.7. The number of nitrogens with one attached hydrogen (secondary N) is 1. The largest absolute Gasteiger partial charge is 0.435 e. The van der Waals surface area contributed by atoms with E-state index in [1.54, 1.807) is 24.3 Å². The second-order valence-electron chi connectivity index (χ2n) is 6.53. The zero-order valence-electron chi connectivity index (χ0n) is 14.9. The predicted molar refractivity (Wildman–Crippen MR) is 102 cm³/mol. The molecule has 10 heteroatoms. The molecule has 2 aromatic carbocycles. The minimum atomic E-state index is -4.90. The molecule has 1 aliphatic heterocycles. The average Bonchev–Trinajstić information content (AvgIpc) is 3.09. The number of hydrogen-bond acceptors (Lipinski definition) is 4. The zero-order valence-corrected chi connectivity index (χ0v) is 16.5. The molecule has 1 aliphatic rings. The Morgan fingerprint density at radius 3 is 2.50 bits per heavy atom. The Balaban J connectivity index is 2.07. The highest BCUT2D eigenvalue weighted by atomic mass is 79.9. The van der Waals surface area contributed by atoms with Crippen molar-refractivity contribution >= 4 is 21.8 Å². The lowest BCUT2D eigenvalue weighted by atomic mass is 9.79. The summed E-state index contributed by atoms with van der Waals surface area (Å²) in [6.45, 7) is 0. The van der Waals surface area contributed by atoms with E-state index in [0.29, 0.717) is 4.47 Å². The number of nitriles is 1. The van der Waals surface area contributed by atoms with E-state index < -0.39 is 41.0 Å². The summed E-state index contributed by atoms with van der Waals surface area (Å²) < 4.78 is 63.2. The SMILES string of the molecule is N#CC1C(=N)Oc2c(c(C(F)(F)F)nn2-c2ccccc2)C1c1cc(Br)ccc1F. The Morgan fingerprint density at radius 1 is 1.17 bits per heavy atom. The van der Waals surface area contributed by atoms with Crippen LogP contribution in [0.5, 0.6) is 5.88 Å². The molecule has 0 bridgehead atoms. The van der Waals surface area contributed by atoms with Gasteiger partial charge in [0, 0.05) is 10.4 Å². The van der Waals surface area contributed by atoms with Crippen LogP contribution < -0.4 is 4.74 Å². The van der Waals surface area contributed by atoms with Gasteiger partial charge in [0.1, 0.15) is 11.7 Å². The summed E-state index contributed by atoms with van der Waals surface area (Å²) in [5, 5.41) is 21.4. The molecule has 0 radical (unpaired) electrons. The second-order valence-corrected chi connectivity index (χ2v) is 7.44. The highest BCUT2D eigenvalue weighted by molar-refractivity contribution is 9.10. The summed E-state index contributed by atoms with van der Waals surface area (Å²) in [4.78, 5) is 0. The molecule has 5 nitrogen and oxygen atoms in total. The van der Waals surface area contributed by atoms with Gasteiger partial charge in [0.2, 0.25) is 11.8 Å².